The molecule has 4 heteroatoms. The van der Waals surface area contributed by atoms with Crippen LogP contribution in [-0.4, -0.2) is 16.9 Å². The first kappa shape index (κ1) is 20.9. The summed E-state index contributed by atoms with van der Waals surface area (Å²) in [6, 6.07) is 12.7. The van der Waals surface area contributed by atoms with Gasteiger partial charge in [-0.25, -0.2) is 0 Å². The SMILES string of the molecule is Cc1c(C=CCCCCCCC(=O)O)cccc1C(=O)c1ccc(Cl)cc1. The van der Waals surface area contributed by atoms with E-state index in [9.17, 15) is 9.59 Å². The van der Waals surface area contributed by atoms with Crippen LogP contribution in [0.15, 0.2) is 48.5 Å². The molecule has 0 heterocycles. The maximum absolute atomic E-state index is 12.7. The summed E-state index contributed by atoms with van der Waals surface area (Å²) in [4.78, 5) is 23.2. The second kappa shape index (κ2) is 10.7. The number of carboxylic acid groups (broad SMARTS) is 1. The summed E-state index contributed by atoms with van der Waals surface area (Å²) in [7, 11) is 0. The summed E-state index contributed by atoms with van der Waals surface area (Å²) in [5.74, 6) is -0.726. The molecule has 0 spiro atoms. The van der Waals surface area contributed by atoms with E-state index >= 15 is 0 Å². The minimum absolute atomic E-state index is 0.00199. The average Bonchev–Trinajstić information content (AvgIpc) is 2.65. The molecule has 0 radical (unpaired) electrons. The molecule has 2 aromatic carbocycles. The average molecular weight is 385 g/mol. The lowest BCUT2D eigenvalue weighted by Crippen LogP contribution is -2.04. The molecule has 0 saturated heterocycles. The van der Waals surface area contributed by atoms with E-state index in [2.05, 4.69) is 12.2 Å². The Labute approximate surface area is 165 Å². The van der Waals surface area contributed by atoms with E-state index in [0.29, 0.717) is 16.1 Å². The van der Waals surface area contributed by atoms with Gasteiger partial charge in [0, 0.05) is 22.6 Å². The predicted molar refractivity (Wildman–Crippen MR) is 110 cm³/mol. The number of benzene rings is 2. The van der Waals surface area contributed by atoms with Crippen molar-refractivity contribution in [1.29, 1.82) is 0 Å². The molecule has 0 aliphatic carbocycles. The number of allylic oxidation sites excluding steroid dienone is 1. The molecule has 27 heavy (non-hydrogen) atoms. The molecule has 0 aliphatic rings. The lowest BCUT2D eigenvalue weighted by atomic mass is 9.95. The number of hydrogen-bond acceptors (Lipinski definition) is 2. The summed E-state index contributed by atoms with van der Waals surface area (Å²) in [6.07, 6.45) is 9.15. The van der Waals surface area contributed by atoms with Crippen LogP contribution in [0, 0.1) is 6.92 Å². The number of rotatable bonds is 10. The first-order valence-electron chi connectivity index (χ1n) is 9.27. The van der Waals surface area contributed by atoms with Gasteiger partial charge in [0.2, 0.25) is 0 Å². The smallest absolute Gasteiger partial charge is 0.303 e. The number of carboxylic acids is 1. The highest BCUT2D eigenvalue weighted by Crippen LogP contribution is 2.20. The van der Waals surface area contributed by atoms with Crippen molar-refractivity contribution in [3.8, 4) is 0 Å². The number of halogens is 1. The first-order valence-corrected chi connectivity index (χ1v) is 9.65. The standard InChI is InChI=1S/C23H25ClO3/c1-17-18(9-6-4-2-3-5-7-12-22(25)26)10-8-11-21(17)23(27)19-13-15-20(24)16-14-19/h6,8-11,13-16H,2-5,7,12H2,1H3,(H,25,26). The molecule has 0 unspecified atom stereocenters. The fraction of sp³-hybridized carbons (Fsp3) is 0.304. The van der Waals surface area contributed by atoms with Crippen LogP contribution in [0.2, 0.25) is 5.02 Å². The van der Waals surface area contributed by atoms with Gasteiger partial charge in [0.05, 0.1) is 0 Å². The largest absolute Gasteiger partial charge is 0.481 e. The quantitative estimate of drug-likeness (QED) is 0.385. The second-order valence-electron chi connectivity index (χ2n) is 6.60. The molecule has 0 saturated carbocycles. The minimum atomic E-state index is -0.724. The van der Waals surface area contributed by atoms with Gasteiger partial charge < -0.3 is 5.11 Å². The van der Waals surface area contributed by atoms with Crippen LogP contribution >= 0.6 is 11.6 Å². The van der Waals surface area contributed by atoms with E-state index in [0.717, 1.165) is 43.2 Å². The molecule has 142 valence electrons. The molecule has 3 nitrogen and oxygen atoms in total. The van der Waals surface area contributed by atoms with E-state index < -0.39 is 5.97 Å². The molecular weight excluding hydrogens is 360 g/mol. The maximum Gasteiger partial charge on any atom is 0.303 e. The normalized spacial score (nSPS) is 11.0. The van der Waals surface area contributed by atoms with Gasteiger partial charge in [-0.2, -0.15) is 0 Å². The van der Waals surface area contributed by atoms with Crippen molar-refractivity contribution in [1.82, 2.24) is 0 Å². The van der Waals surface area contributed by atoms with Crippen LogP contribution in [0.25, 0.3) is 6.08 Å². The van der Waals surface area contributed by atoms with Gasteiger partial charge in [0.15, 0.2) is 5.78 Å². The summed E-state index contributed by atoms with van der Waals surface area (Å²) in [5, 5.41) is 9.23. The van der Waals surface area contributed by atoms with E-state index in [4.69, 9.17) is 16.7 Å². The van der Waals surface area contributed by atoms with Crippen molar-refractivity contribution in [3.63, 3.8) is 0 Å². The zero-order chi connectivity index (χ0) is 19.6. The molecule has 0 aliphatic heterocycles. The Morgan fingerprint density at radius 2 is 1.70 bits per heavy atom. The van der Waals surface area contributed by atoms with E-state index in [1.54, 1.807) is 24.3 Å². The Kier molecular flexibility index (Phi) is 8.28. The van der Waals surface area contributed by atoms with Gasteiger partial charge in [-0.05, 0) is 61.6 Å². The van der Waals surface area contributed by atoms with Crippen molar-refractivity contribution in [3.05, 3.63) is 75.8 Å². The number of aliphatic carboxylic acids is 1. The van der Waals surface area contributed by atoms with Gasteiger partial charge >= 0.3 is 5.97 Å². The topological polar surface area (TPSA) is 54.4 Å². The molecule has 0 bridgehead atoms. The number of hydrogen-bond donors (Lipinski definition) is 1. The Morgan fingerprint density at radius 3 is 2.41 bits per heavy atom. The summed E-state index contributed by atoms with van der Waals surface area (Å²) < 4.78 is 0. The highest BCUT2D eigenvalue weighted by molar-refractivity contribution is 6.30. The molecular formula is C23H25ClO3. The summed E-state index contributed by atoms with van der Waals surface area (Å²) in [6.45, 7) is 1.97. The van der Waals surface area contributed by atoms with Gasteiger partial charge in [0.25, 0.3) is 0 Å². The van der Waals surface area contributed by atoms with Crippen LogP contribution < -0.4 is 0 Å². The summed E-state index contributed by atoms with van der Waals surface area (Å²) in [5.41, 5.74) is 3.34. The molecule has 0 fully saturated rings. The van der Waals surface area contributed by atoms with Gasteiger partial charge in [0.1, 0.15) is 0 Å². The summed E-state index contributed by atoms with van der Waals surface area (Å²) >= 11 is 5.90. The van der Waals surface area contributed by atoms with Crippen molar-refractivity contribution >= 4 is 29.4 Å². The Morgan fingerprint density at radius 1 is 1.00 bits per heavy atom. The van der Waals surface area contributed by atoms with Crippen molar-refractivity contribution < 1.29 is 14.7 Å². The predicted octanol–water partition coefficient (Wildman–Crippen LogP) is 6.32. The molecule has 1 N–H and O–H groups in total. The number of carbonyl (C=O) groups is 2. The third-order valence-electron chi connectivity index (χ3n) is 4.54. The molecule has 0 atom stereocenters. The number of ketones is 1. The van der Waals surface area contributed by atoms with Crippen molar-refractivity contribution in [2.75, 3.05) is 0 Å². The highest BCUT2D eigenvalue weighted by atomic mass is 35.5. The molecule has 2 aromatic rings. The Hall–Kier alpha value is -2.39. The first-order chi connectivity index (χ1) is 13.0. The van der Waals surface area contributed by atoms with Crippen LogP contribution in [0.4, 0.5) is 0 Å². The Balaban J connectivity index is 1.93. The van der Waals surface area contributed by atoms with Crippen LogP contribution in [-0.2, 0) is 4.79 Å². The maximum atomic E-state index is 12.7. The van der Waals surface area contributed by atoms with Gasteiger partial charge in [-0.1, -0.05) is 54.8 Å². The molecule has 2 rings (SSSR count). The van der Waals surface area contributed by atoms with E-state index in [-0.39, 0.29) is 12.2 Å². The van der Waals surface area contributed by atoms with Crippen molar-refractivity contribution in [2.45, 2.75) is 45.4 Å². The zero-order valence-corrected chi connectivity index (χ0v) is 16.3. The van der Waals surface area contributed by atoms with Crippen molar-refractivity contribution in [2.24, 2.45) is 0 Å². The van der Waals surface area contributed by atoms with Crippen LogP contribution in [0.1, 0.15) is 65.6 Å². The van der Waals surface area contributed by atoms with Crippen LogP contribution in [0.3, 0.4) is 0 Å². The monoisotopic (exact) mass is 384 g/mol. The third kappa shape index (κ3) is 6.69. The number of carbonyl (C=O) groups excluding carboxylic acids is 1. The second-order valence-corrected chi connectivity index (χ2v) is 7.04. The Bertz CT molecular complexity index is 807. The van der Waals surface area contributed by atoms with E-state index in [1.807, 2.05) is 25.1 Å². The lowest BCUT2D eigenvalue weighted by Gasteiger charge is -2.08. The van der Waals surface area contributed by atoms with Gasteiger partial charge in [-0.3, -0.25) is 9.59 Å². The number of unbranched alkanes of at least 4 members (excludes halogenated alkanes) is 4. The fourth-order valence-corrected chi connectivity index (χ4v) is 3.07. The lowest BCUT2D eigenvalue weighted by molar-refractivity contribution is -0.137. The third-order valence-corrected chi connectivity index (χ3v) is 4.79. The molecule has 0 amide bonds. The molecule has 0 aromatic heterocycles. The minimum Gasteiger partial charge on any atom is -0.481 e. The fourth-order valence-electron chi connectivity index (χ4n) is 2.94. The van der Waals surface area contributed by atoms with Crippen LogP contribution in [0.5, 0.6) is 0 Å². The van der Waals surface area contributed by atoms with Gasteiger partial charge in [-0.15, -0.1) is 0 Å². The highest BCUT2D eigenvalue weighted by Gasteiger charge is 2.12. The zero-order valence-electron chi connectivity index (χ0n) is 15.6. The van der Waals surface area contributed by atoms with E-state index in [1.165, 1.54) is 0 Å².